The molecule has 0 radical (unpaired) electrons. The van der Waals surface area contributed by atoms with Crippen LogP contribution in [-0.2, 0) is 9.47 Å². The summed E-state index contributed by atoms with van der Waals surface area (Å²) in [4.78, 5) is 11.3. The molecule has 0 amide bonds. The summed E-state index contributed by atoms with van der Waals surface area (Å²) in [6, 6.07) is 8.09. The highest BCUT2D eigenvalue weighted by Crippen LogP contribution is 2.23. The van der Waals surface area contributed by atoms with E-state index in [1.807, 2.05) is 5.92 Å². The maximum absolute atomic E-state index is 12.8. The minimum atomic E-state index is -4.79. The van der Waals surface area contributed by atoms with Crippen molar-refractivity contribution in [1.82, 2.24) is 0 Å². The van der Waals surface area contributed by atoms with Crippen LogP contribution in [-0.4, -0.2) is 24.0 Å². The highest BCUT2D eigenvalue weighted by Gasteiger charge is 2.42. The molecule has 1 unspecified atom stereocenters. The van der Waals surface area contributed by atoms with Gasteiger partial charge < -0.3 is 9.47 Å². The summed E-state index contributed by atoms with van der Waals surface area (Å²) >= 11 is 0. The molecule has 1 atom stereocenters. The summed E-state index contributed by atoms with van der Waals surface area (Å²) < 4.78 is 47.3. The minimum absolute atomic E-state index is 0.388. The van der Waals surface area contributed by atoms with Crippen molar-refractivity contribution >= 4 is 6.16 Å². The number of hydrogen-bond acceptors (Lipinski definition) is 3. The molecule has 0 aliphatic heterocycles. The number of halogens is 3. The minimum Gasteiger partial charge on any atom is -0.429 e. The Morgan fingerprint density at radius 2 is 1.71 bits per heavy atom. The van der Waals surface area contributed by atoms with E-state index in [0.29, 0.717) is 5.56 Å². The average Bonchev–Trinajstić information content (AvgIpc) is 2.32. The van der Waals surface area contributed by atoms with Crippen LogP contribution in [0.5, 0.6) is 0 Å². The summed E-state index contributed by atoms with van der Waals surface area (Å²) in [5.41, 5.74) is -0.556. The van der Waals surface area contributed by atoms with Gasteiger partial charge in [0.1, 0.15) is 5.60 Å². The fourth-order valence-electron chi connectivity index (χ4n) is 1.22. The second-order valence-electron chi connectivity index (χ2n) is 5.14. The molecule has 0 fully saturated rings. The Morgan fingerprint density at radius 3 is 2.19 bits per heavy atom. The summed E-state index contributed by atoms with van der Waals surface area (Å²) in [6.07, 6.45) is -8.74. The number of hydrogen-bond donors (Lipinski definition) is 0. The molecule has 0 saturated carbocycles. The van der Waals surface area contributed by atoms with E-state index in [2.05, 4.69) is 15.4 Å². The molecule has 6 heteroatoms. The maximum atomic E-state index is 12.8. The van der Waals surface area contributed by atoms with Crippen LogP contribution >= 0.6 is 0 Å². The van der Waals surface area contributed by atoms with Gasteiger partial charge in [-0.3, -0.25) is 0 Å². The predicted octanol–water partition coefficient (Wildman–Crippen LogP) is 3.92. The highest BCUT2D eigenvalue weighted by atomic mass is 19.4. The van der Waals surface area contributed by atoms with Gasteiger partial charge in [0.15, 0.2) is 0 Å². The highest BCUT2D eigenvalue weighted by molar-refractivity contribution is 5.61. The molecule has 0 heterocycles. The molecule has 1 aromatic carbocycles. The standard InChI is InChI=1S/C15H15F3O3/c1-14(2,3)21-13(19)20-12(15(16,17)18)10-9-11-7-5-4-6-8-11/h4-8,12H,1-3H3. The van der Waals surface area contributed by atoms with E-state index in [1.165, 1.54) is 20.8 Å². The summed E-state index contributed by atoms with van der Waals surface area (Å²) in [5.74, 6) is 4.21. The number of benzene rings is 1. The quantitative estimate of drug-likeness (QED) is 0.582. The topological polar surface area (TPSA) is 35.5 Å². The second-order valence-corrected chi connectivity index (χ2v) is 5.14. The van der Waals surface area contributed by atoms with Gasteiger partial charge in [0.05, 0.1) is 0 Å². The smallest absolute Gasteiger partial charge is 0.429 e. The zero-order valence-electron chi connectivity index (χ0n) is 11.8. The van der Waals surface area contributed by atoms with E-state index in [1.54, 1.807) is 30.3 Å². The third-order valence-electron chi connectivity index (χ3n) is 2.02. The lowest BCUT2D eigenvalue weighted by atomic mass is 10.2. The third-order valence-corrected chi connectivity index (χ3v) is 2.02. The van der Waals surface area contributed by atoms with Gasteiger partial charge in [-0.1, -0.05) is 24.1 Å². The van der Waals surface area contributed by atoms with Crippen LogP contribution in [0.15, 0.2) is 30.3 Å². The fourth-order valence-corrected chi connectivity index (χ4v) is 1.22. The normalized spacial score (nSPS) is 12.9. The van der Waals surface area contributed by atoms with Gasteiger partial charge in [-0.2, -0.15) is 13.2 Å². The van der Waals surface area contributed by atoms with Crippen molar-refractivity contribution in [2.75, 3.05) is 0 Å². The van der Waals surface area contributed by atoms with Crippen LogP contribution in [0.3, 0.4) is 0 Å². The van der Waals surface area contributed by atoms with Crippen LogP contribution in [0.25, 0.3) is 0 Å². The number of ether oxygens (including phenoxy) is 2. The Hall–Kier alpha value is -2.16. The Morgan fingerprint density at radius 1 is 1.14 bits per heavy atom. The molecule has 0 bridgehead atoms. The van der Waals surface area contributed by atoms with E-state index in [9.17, 15) is 18.0 Å². The van der Waals surface area contributed by atoms with Crippen LogP contribution in [0, 0.1) is 11.8 Å². The van der Waals surface area contributed by atoms with Crippen molar-refractivity contribution in [2.45, 2.75) is 38.7 Å². The van der Waals surface area contributed by atoms with Crippen molar-refractivity contribution in [3.8, 4) is 11.8 Å². The van der Waals surface area contributed by atoms with E-state index in [4.69, 9.17) is 0 Å². The molecule has 21 heavy (non-hydrogen) atoms. The van der Waals surface area contributed by atoms with Crippen molar-refractivity contribution in [1.29, 1.82) is 0 Å². The van der Waals surface area contributed by atoms with Gasteiger partial charge >= 0.3 is 12.3 Å². The molecule has 0 aliphatic carbocycles. The molecular formula is C15H15F3O3. The fraction of sp³-hybridized carbons (Fsp3) is 0.400. The van der Waals surface area contributed by atoms with E-state index < -0.39 is 24.0 Å². The molecule has 0 aliphatic rings. The first-order valence-electron chi connectivity index (χ1n) is 6.11. The zero-order chi connectivity index (χ0) is 16.1. The first-order valence-corrected chi connectivity index (χ1v) is 6.11. The van der Waals surface area contributed by atoms with Crippen LogP contribution < -0.4 is 0 Å². The number of carbonyl (C=O) groups is 1. The number of carbonyl (C=O) groups excluding carboxylic acids is 1. The largest absolute Gasteiger partial charge is 0.510 e. The molecule has 0 N–H and O–H groups in total. The summed E-state index contributed by atoms with van der Waals surface area (Å²) in [7, 11) is 0. The van der Waals surface area contributed by atoms with Gasteiger partial charge in [-0.25, -0.2) is 4.79 Å². The SMILES string of the molecule is CC(C)(C)OC(=O)OC(C#Cc1ccccc1)C(F)(F)F. The van der Waals surface area contributed by atoms with Crippen molar-refractivity contribution < 1.29 is 27.4 Å². The van der Waals surface area contributed by atoms with Crippen LogP contribution in [0.2, 0.25) is 0 Å². The van der Waals surface area contributed by atoms with Gasteiger partial charge in [-0.15, -0.1) is 0 Å². The first-order chi connectivity index (χ1) is 9.58. The van der Waals surface area contributed by atoms with Crippen molar-refractivity contribution in [3.05, 3.63) is 35.9 Å². The number of alkyl halides is 3. The Kier molecular flexibility index (Phi) is 5.25. The molecule has 114 valence electrons. The Balaban J connectivity index is 2.84. The molecule has 3 nitrogen and oxygen atoms in total. The number of rotatable bonds is 1. The van der Waals surface area contributed by atoms with E-state index in [0.717, 1.165) is 0 Å². The van der Waals surface area contributed by atoms with Crippen molar-refractivity contribution in [3.63, 3.8) is 0 Å². The van der Waals surface area contributed by atoms with E-state index in [-0.39, 0.29) is 0 Å². The van der Waals surface area contributed by atoms with Crippen LogP contribution in [0.1, 0.15) is 26.3 Å². The molecule has 0 spiro atoms. The molecule has 1 rings (SSSR count). The molecular weight excluding hydrogens is 285 g/mol. The lowest BCUT2D eigenvalue weighted by Crippen LogP contribution is -2.35. The first kappa shape index (κ1) is 16.9. The third kappa shape index (κ3) is 6.70. The zero-order valence-corrected chi connectivity index (χ0v) is 11.8. The van der Waals surface area contributed by atoms with Gasteiger partial charge in [0.2, 0.25) is 0 Å². The van der Waals surface area contributed by atoms with Crippen molar-refractivity contribution in [2.24, 2.45) is 0 Å². The van der Waals surface area contributed by atoms with Gasteiger partial charge in [0, 0.05) is 5.56 Å². The lowest BCUT2D eigenvalue weighted by Gasteiger charge is -2.21. The summed E-state index contributed by atoms with van der Waals surface area (Å²) in [5, 5.41) is 0. The molecule has 1 aromatic rings. The lowest BCUT2D eigenvalue weighted by molar-refractivity contribution is -0.193. The van der Waals surface area contributed by atoms with Crippen LogP contribution in [0.4, 0.5) is 18.0 Å². The Bertz CT molecular complexity index is 533. The average molecular weight is 300 g/mol. The van der Waals surface area contributed by atoms with E-state index >= 15 is 0 Å². The van der Waals surface area contributed by atoms with Gasteiger partial charge in [0.25, 0.3) is 6.10 Å². The van der Waals surface area contributed by atoms with Gasteiger partial charge in [-0.05, 0) is 38.8 Å². The Labute approximate surface area is 121 Å². The predicted molar refractivity (Wildman–Crippen MR) is 70.5 cm³/mol. The second kappa shape index (κ2) is 6.53. The molecule has 0 saturated heterocycles. The summed E-state index contributed by atoms with van der Waals surface area (Å²) in [6.45, 7) is 4.56. The molecule has 0 aromatic heterocycles. The maximum Gasteiger partial charge on any atom is 0.510 e. The monoisotopic (exact) mass is 300 g/mol.